The zero-order chi connectivity index (χ0) is 15.6. The normalized spacial score (nSPS) is 12.6. The maximum atomic E-state index is 5.75. The van der Waals surface area contributed by atoms with Crippen LogP contribution in [-0.2, 0) is 13.5 Å². The van der Waals surface area contributed by atoms with Crippen LogP contribution in [-0.4, -0.2) is 14.5 Å². The Balaban J connectivity index is 1.89. The fourth-order valence-corrected chi connectivity index (χ4v) is 3.57. The first-order valence-electron chi connectivity index (χ1n) is 7.61. The van der Waals surface area contributed by atoms with Gasteiger partial charge in [-0.2, -0.15) is 0 Å². The maximum Gasteiger partial charge on any atom is 0.287 e. The second kappa shape index (κ2) is 4.29. The van der Waals surface area contributed by atoms with E-state index in [0.717, 1.165) is 29.0 Å². The van der Waals surface area contributed by atoms with Gasteiger partial charge < -0.3 is 8.98 Å². The molecule has 3 aromatic heterocycles. The van der Waals surface area contributed by atoms with Gasteiger partial charge in [-0.25, -0.2) is 9.55 Å². The van der Waals surface area contributed by atoms with Crippen LogP contribution in [0.2, 0.25) is 0 Å². The van der Waals surface area contributed by atoms with Crippen molar-refractivity contribution in [2.75, 3.05) is 0 Å². The van der Waals surface area contributed by atoms with Crippen LogP contribution in [0.25, 0.3) is 28.0 Å². The van der Waals surface area contributed by atoms with E-state index in [0.29, 0.717) is 0 Å². The van der Waals surface area contributed by atoms with Crippen molar-refractivity contribution < 1.29 is 8.98 Å². The summed E-state index contributed by atoms with van der Waals surface area (Å²) in [4.78, 5) is 8.90. The summed E-state index contributed by atoms with van der Waals surface area (Å²) in [5, 5.41) is 0. The summed E-state index contributed by atoms with van der Waals surface area (Å²) >= 11 is 0. The van der Waals surface area contributed by atoms with Gasteiger partial charge in [0, 0.05) is 30.4 Å². The van der Waals surface area contributed by atoms with Crippen molar-refractivity contribution in [2.45, 2.75) is 13.3 Å². The first-order chi connectivity index (χ1) is 11.2. The minimum absolute atomic E-state index is 0.830. The van der Waals surface area contributed by atoms with Crippen LogP contribution in [0.3, 0.4) is 0 Å². The van der Waals surface area contributed by atoms with Crippen molar-refractivity contribution in [3.8, 4) is 16.9 Å². The third kappa shape index (κ3) is 1.59. The number of furan rings is 1. The highest BCUT2D eigenvalue weighted by Gasteiger charge is 2.28. The molecule has 0 N–H and O–H groups in total. The predicted molar refractivity (Wildman–Crippen MR) is 85.3 cm³/mol. The summed E-state index contributed by atoms with van der Waals surface area (Å²) < 4.78 is 9.95. The van der Waals surface area contributed by atoms with Gasteiger partial charge >= 0.3 is 0 Å². The van der Waals surface area contributed by atoms with Gasteiger partial charge in [0.2, 0.25) is 11.1 Å². The zero-order valence-electron chi connectivity index (χ0n) is 12.9. The van der Waals surface area contributed by atoms with Crippen LogP contribution in [0.15, 0.2) is 47.6 Å². The lowest BCUT2D eigenvalue weighted by Gasteiger charge is -2.12. The van der Waals surface area contributed by atoms with E-state index < -0.39 is 0 Å². The van der Waals surface area contributed by atoms with E-state index in [1.807, 2.05) is 36.4 Å². The van der Waals surface area contributed by atoms with E-state index in [2.05, 4.69) is 33.6 Å². The molecule has 0 atom stereocenters. The predicted octanol–water partition coefficient (Wildman–Crippen LogP) is 2.72. The van der Waals surface area contributed by atoms with Gasteiger partial charge in [0.25, 0.3) is 6.33 Å². The Morgan fingerprint density at radius 2 is 2.13 bits per heavy atom. The largest absolute Gasteiger partial charge is 0.456 e. The average molecular weight is 303 g/mol. The molecule has 1 aliphatic rings. The molecule has 0 amide bonds. The Morgan fingerprint density at radius 3 is 3.04 bits per heavy atom. The number of rotatable bonds is 1. The summed E-state index contributed by atoms with van der Waals surface area (Å²) in [6, 6.07) is 6.24. The number of nitrogens with zero attached hydrogens (tertiary/aromatic N) is 4. The van der Waals surface area contributed by atoms with E-state index in [-0.39, 0.29) is 0 Å². The van der Waals surface area contributed by atoms with Gasteiger partial charge in [0.15, 0.2) is 5.69 Å². The summed E-state index contributed by atoms with van der Waals surface area (Å²) in [5.74, 6) is 1.08. The molecule has 4 aromatic rings. The van der Waals surface area contributed by atoms with Crippen molar-refractivity contribution in [3.05, 3.63) is 60.1 Å². The molecular weight excluding hydrogens is 288 g/mol. The Bertz CT molecular complexity index is 1070. The van der Waals surface area contributed by atoms with Gasteiger partial charge in [0.05, 0.1) is 19.0 Å². The number of aryl methyl sites for hydroxylation is 2. The molecule has 0 saturated carbocycles. The van der Waals surface area contributed by atoms with Crippen LogP contribution < -0.4 is 4.57 Å². The Morgan fingerprint density at radius 1 is 1.22 bits per heavy atom. The number of imidazole rings is 1. The van der Waals surface area contributed by atoms with Gasteiger partial charge in [0.1, 0.15) is 5.82 Å². The highest BCUT2D eigenvalue weighted by molar-refractivity contribution is 5.89. The lowest BCUT2D eigenvalue weighted by Crippen LogP contribution is -2.32. The minimum Gasteiger partial charge on any atom is -0.456 e. The molecule has 0 unspecified atom stereocenters. The summed E-state index contributed by atoms with van der Waals surface area (Å²) in [7, 11) is 2.01. The standard InChI is InChI=1S/C18H15N4O/c1-11-3-4-14-12(9-15-19-6-7-22(14)15)16(11)17-18-13(5-8-23-18)20-10-21(17)2/h3-8,10H,9H2,1-2H3/q+1. The molecule has 1 aromatic carbocycles. The van der Waals surface area contributed by atoms with Crippen molar-refractivity contribution in [1.29, 1.82) is 0 Å². The lowest BCUT2D eigenvalue weighted by atomic mass is 9.95. The second-order valence-corrected chi connectivity index (χ2v) is 5.98. The monoisotopic (exact) mass is 303 g/mol. The van der Waals surface area contributed by atoms with E-state index in [1.165, 1.54) is 22.4 Å². The molecule has 112 valence electrons. The van der Waals surface area contributed by atoms with Crippen LogP contribution in [0.5, 0.6) is 0 Å². The number of benzene rings is 1. The quantitative estimate of drug-likeness (QED) is 0.447. The van der Waals surface area contributed by atoms with Gasteiger partial charge in [-0.15, -0.1) is 0 Å². The van der Waals surface area contributed by atoms with Crippen molar-refractivity contribution in [2.24, 2.45) is 7.05 Å². The van der Waals surface area contributed by atoms with Crippen molar-refractivity contribution >= 4 is 11.1 Å². The molecule has 0 spiro atoms. The highest BCUT2D eigenvalue weighted by Crippen LogP contribution is 2.38. The third-order valence-electron chi connectivity index (χ3n) is 4.63. The number of hydrogen-bond donors (Lipinski definition) is 0. The molecule has 23 heavy (non-hydrogen) atoms. The van der Waals surface area contributed by atoms with E-state index >= 15 is 0 Å². The fourth-order valence-electron chi connectivity index (χ4n) is 3.57. The minimum atomic E-state index is 0.830. The van der Waals surface area contributed by atoms with E-state index in [4.69, 9.17) is 4.42 Å². The summed E-state index contributed by atoms with van der Waals surface area (Å²) in [5.41, 5.74) is 7.73. The second-order valence-electron chi connectivity index (χ2n) is 5.98. The van der Waals surface area contributed by atoms with Crippen molar-refractivity contribution in [1.82, 2.24) is 14.5 Å². The van der Waals surface area contributed by atoms with E-state index in [9.17, 15) is 0 Å². The molecular formula is C18H15N4O+. The van der Waals surface area contributed by atoms with Gasteiger partial charge in [-0.1, -0.05) is 6.07 Å². The number of hydrogen-bond acceptors (Lipinski definition) is 3. The molecule has 4 heterocycles. The van der Waals surface area contributed by atoms with Gasteiger partial charge in [-0.05, 0) is 29.1 Å². The lowest BCUT2D eigenvalue weighted by molar-refractivity contribution is -0.662. The van der Waals surface area contributed by atoms with Crippen LogP contribution >= 0.6 is 0 Å². The first-order valence-corrected chi connectivity index (χ1v) is 7.61. The summed E-state index contributed by atoms with van der Waals surface area (Å²) in [6.07, 6.45) is 8.26. The summed E-state index contributed by atoms with van der Waals surface area (Å²) in [6.45, 7) is 2.14. The van der Waals surface area contributed by atoms with Crippen LogP contribution in [0, 0.1) is 6.92 Å². The van der Waals surface area contributed by atoms with Gasteiger partial charge in [-0.3, -0.25) is 0 Å². The molecule has 5 nitrogen and oxygen atoms in total. The molecule has 0 aliphatic carbocycles. The third-order valence-corrected chi connectivity index (χ3v) is 4.63. The maximum absolute atomic E-state index is 5.75. The molecule has 0 bridgehead atoms. The molecule has 0 radical (unpaired) electrons. The number of aromatic nitrogens is 4. The Labute approximate surface area is 132 Å². The molecule has 1 aliphatic heterocycles. The molecule has 5 heteroatoms. The SMILES string of the molecule is Cc1ccc2c(c1-c1c3occc3nc[n+]1C)Cc1nccn1-2. The number of fused-ring (bicyclic) bond motifs is 4. The zero-order valence-corrected chi connectivity index (χ0v) is 12.9. The molecule has 0 saturated heterocycles. The Hall–Kier alpha value is -2.95. The van der Waals surface area contributed by atoms with Crippen molar-refractivity contribution in [3.63, 3.8) is 0 Å². The topological polar surface area (TPSA) is 47.7 Å². The highest BCUT2D eigenvalue weighted by atomic mass is 16.3. The molecule has 0 fully saturated rings. The van der Waals surface area contributed by atoms with E-state index in [1.54, 1.807) is 6.26 Å². The Kier molecular flexibility index (Phi) is 2.34. The fraction of sp³-hybridized carbons (Fsp3) is 0.167. The average Bonchev–Trinajstić information content (AvgIpc) is 3.22. The van der Waals surface area contributed by atoms with Crippen LogP contribution in [0.1, 0.15) is 17.0 Å². The smallest absolute Gasteiger partial charge is 0.287 e. The van der Waals surface area contributed by atoms with Crippen LogP contribution in [0.4, 0.5) is 0 Å². The first kappa shape index (κ1) is 12.6. The molecule has 5 rings (SSSR count).